The molecule has 2 N–H and O–H groups in total. The lowest BCUT2D eigenvalue weighted by Crippen LogP contribution is -2.41. The number of aliphatic hydroxyl groups is 1. The third kappa shape index (κ3) is 3.76. The largest absolute Gasteiger partial charge is 0.396 e. The molecule has 1 aliphatic heterocycles. The molecule has 2 unspecified atom stereocenters. The zero-order chi connectivity index (χ0) is 17.9. The third-order valence-corrected chi connectivity index (χ3v) is 5.73. The number of ether oxygens (including phenoxy) is 1. The van der Waals surface area contributed by atoms with Crippen LogP contribution in [0.1, 0.15) is 43.9 Å². The van der Waals surface area contributed by atoms with Crippen LogP contribution >= 0.6 is 0 Å². The maximum atomic E-state index is 9.18. The molecule has 4 heteroatoms. The van der Waals surface area contributed by atoms with Gasteiger partial charge in [-0.3, -0.25) is 0 Å². The van der Waals surface area contributed by atoms with E-state index in [0.717, 1.165) is 45.3 Å². The Balaban J connectivity index is 1.94. The summed E-state index contributed by atoms with van der Waals surface area (Å²) in [4.78, 5) is 5.92. The predicted molar refractivity (Wildman–Crippen MR) is 103 cm³/mol. The van der Waals surface area contributed by atoms with Gasteiger partial charge in [-0.15, -0.1) is 0 Å². The molecule has 2 heterocycles. The summed E-state index contributed by atoms with van der Waals surface area (Å²) in [6, 6.07) is 8.59. The minimum absolute atomic E-state index is 0.273. The normalized spacial score (nSPS) is 21.6. The van der Waals surface area contributed by atoms with Crippen molar-refractivity contribution in [1.29, 1.82) is 0 Å². The molecule has 2 aromatic rings. The summed E-state index contributed by atoms with van der Waals surface area (Å²) in [5, 5.41) is 10.5. The third-order valence-electron chi connectivity index (χ3n) is 5.73. The number of unbranched alkanes of at least 4 members (excludes halogenated alkanes) is 1. The summed E-state index contributed by atoms with van der Waals surface area (Å²) >= 11 is 0. The van der Waals surface area contributed by atoms with Crippen LogP contribution < -0.4 is 0 Å². The number of rotatable bonds is 8. The van der Waals surface area contributed by atoms with E-state index in [1.807, 2.05) is 0 Å². The van der Waals surface area contributed by atoms with Gasteiger partial charge in [0.15, 0.2) is 0 Å². The van der Waals surface area contributed by atoms with E-state index in [4.69, 9.17) is 4.74 Å². The lowest BCUT2D eigenvalue weighted by molar-refractivity contribution is -0.0974. The molecule has 0 saturated heterocycles. The van der Waals surface area contributed by atoms with E-state index in [9.17, 15) is 5.11 Å². The number of para-hydroxylation sites is 1. The molecule has 3 rings (SSSR count). The van der Waals surface area contributed by atoms with E-state index < -0.39 is 0 Å². The Morgan fingerprint density at radius 2 is 2.04 bits per heavy atom. The first-order chi connectivity index (χ1) is 12.1. The molecule has 1 aromatic heterocycles. The number of aromatic nitrogens is 1. The Morgan fingerprint density at radius 3 is 2.80 bits per heavy atom. The number of aromatic amines is 1. The number of H-pyrrole nitrogens is 1. The van der Waals surface area contributed by atoms with E-state index in [0.29, 0.717) is 5.92 Å². The van der Waals surface area contributed by atoms with Crippen LogP contribution in [-0.4, -0.2) is 48.8 Å². The highest BCUT2D eigenvalue weighted by Gasteiger charge is 2.42. The lowest BCUT2D eigenvalue weighted by Gasteiger charge is -2.41. The Morgan fingerprint density at radius 1 is 1.24 bits per heavy atom. The fraction of sp³-hybridized carbons (Fsp3) is 0.619. The number of aliphatic hydroxyl groups excluding tert-OH is 1. The van der Waals surface area contributed by atoms with Crippen molar-refractivity contribution in [2.24, 2.45) is 5.92 Å². The highest BCUT2D eigenvalue weighted by atomic mass is 16.5. The van der Waals surface area contributed by atoms with Gasteiger partial charge in [0, 0.05) is 17.5 Å². The molecule has 25 heavy (non-hydrogen) atoms. The molecular formula is C21H32N2O2. The molecule has 0 radical (unpaired) electrons. The van der Waals surface area contributed by atoms with Gasteiger partial charge in [0.25, 0.3) is 0 Å². The Bertz CT molecular complexity index is 694. The summed E-state index contributed by atoms with van der Waals surface area (Å²) in [5.41, 5.74) is 3.64. The first kappa shape index (κ1) is 18.4. The monoisotopic (exact) mass is 344 g/mol. The molecule has 0 fully saturated rings. The Labute approximate surface area is 151 Å². The average Bonchev–Trinajstić information content (AvgIpc) is 2.98. The average molecular weight is 344 g/mol. The van der Waals surface area contributed by atoms with Crippen molar-refractivity contribution in [3.8, 4) is 0 Å². The maximum absolute atomic E-state index is 9.18. The molecule has 0 aliphatic carbocycles. The SMILES string of the molecule is CN(C)CCC(CCCCO)C1(C)OCCc2c1[nH]c1ccccc21. The first-order valence-corrected chi connectivity index (χ1v) is 9.56. The number of fused-ring (bicyclic) bond motifs is 3. The molecule has 0 bridgehead atoms. The Hall–Kier alpha value is -1.36. The van der Waals surface area contributed by atoms with Crippen LogP contribution in [0.5, 0.6) is 0 Å². The molecule has 138 valence electrons. The number of nitrogens with zero attached hydrogens (tertiary/aromatic N) is 1. The number of hydrogen-bond donors (Lipinski definition) is 2. The standard InChI is InChI=1S/C21H32N2O2/c1-21(16(8-6-7-14-24)11-13-23(2)3)20-18(12-15-25-21)17-9-4-5-10-19(17)22-20/h4-5,9-10,16,22,24H,6-8,11-15H2,1-3H3. The summed E-state index contributed by atoms with van der Waals surface area (Å²) < 4.78 is 6.43. The van der Waals surface area contributed by atoms with Crippen LogP contribution in [0.4, 0.5) is 0 Å². The van der Waals surface area contributed by atoms with Crippen molar-refractivity contribution < 1.29 is 9.84 Å². The molecule has 0 spiro atoms. The van der Waals surface area contributed by atoms with Crippen molar-refractivity contribution in [2.45, 2.75) is 44.6 Å². The Kier molecular flexibility index (Phi) is 5.82. The molecule has 0 saturated carbocycles. The van der Waals surface area contributed by atoms with E-state index in [2.05, 4.69) is 55.2 Å². The van der Waals surface area contributed by atoms with Gasteiger partial charge < -0.3 is 19.7 Å². The fourth-order valence-electron chi connectivity index (χ4n) is 4.25. The number of hydrogen-bond acceptors (Lipinski definition) is 3. The van der Waals surface area contributed by atoms with Crippen molar-refractivity contribution >= 4 is 10.9 Å². The van der Waals surface area contributed by atoms with Crippen LogP contribution in [-0.2, 0) is 16.8 Å². The molecule has 1 aliphatic rings. The van der Waals surface area contributed by atoms with Crippen molar-refractivity contribution in [1.82, 2.24) is 9.88 Å². The molecule has 4 nitrogen and oxygen atoms in total. The second-order valence-corrected chi connectivity index (χ2v) is 7.74. The maximum Gasteiger partial charge on any atom is 0.108 e. The van der Waals surface area contributed by atoms with Crippen LogP contribution in [0.15, 0.2) is 24.3 Å². The summed E-state index contributed by atoms with van der Waals surface area (Å²) in [7, 11) is 4.26. The summed E-state index contributed by atoms with van der Waals surface area (Å²) in [6.45, 7) is 4.37. The molecule has 2 atom stereocenters. The second-order valence-electron chi connectivity index (χ2n) is 7.74. The van der Waals surface area contributed by atoms with Crippen molar-refractivity contribution in [3.05, 3.63) is 35.5 Å². The predicted octanol–water partition coefficient (Wildman–Crippen LogP) is 3.69. The smallest absolute Gasteiger partial charge is 0.108 e. The number of benzene rings is 1. The van der Waals surface area contributed by atoms with Gasteiger partial charge in [-0.25, -0.2) is 0 Å². The molecule has 0 amide bonds. The highest BCUT2D eigenvalue weighted by Crippen LogP contribution is 2.44. The van der Waals surface area contributed by atoms with Gasteiger partial charge in [0.05, 0.1) is 12.3 Å². The lowest BCUT2D eigenvalue weighted by atomic mass is 9.77. The van der Waals surface area contributed by atoms with Crippen LogP contribution in [0.25, 0.3) is 10.9 Å². The van der Waals surface area contributed by atoms with Gasteiger partial charge in [0.1, 0.15) is 5.60 Å². The van der Waals surface area contributed by atoms with Gasteiger partial charge in [-0.05, 0) is 70.8 Å². The molecular weight excluding hydrogens is 312 g/mol. The van der Waals surface area contributed by atoms with E-state index in [1.54, 1.807) is 0 Å². The second kappa shape index (κ2) is 7.90. The zero-order valence-electron chi connectivity index (χ0n) is 15.8. The fourth-order valence-corrected chi connectivity index (χ4v) is 4.25. The highest BCUT2D eigenvalue weighted by molar-refractivity contribution is 5.85. The van der Waals surface area contributed by atoms with Gasteiger partial charge >= 0.3 is 0 Å². The van der Waals surface area contributed by atoms with E-state index in [1.165, 1.54) is 22.2 Å². The van der Waals surface area contributed by atoms with Crippen LogP contribution in [0.3, 0.4) is 0 Å². The minimum Gasteiger partial charge on any atom is -0.396 e. The van der Waals surface area contributed by atoms with E-state index >= 15 is 0 Å². The zero-order valence-corrected chi connectivity index (χ0v) is 15.8. The van der Waals surface area contributed by atoms with Gasteiger partial charge in [0.2, 0.25) is 0 Å². The van der Waals surface area contributed by atoms with Gasteiger partial charge in [-0.1, -0.05) is 24.6 Å². The van der Waals surface area contributed by atoms with Gasteiger partial charge in [-0.2, -0.15) is 0 Å². The minimum atomic E-state index is -0.280. The van der Waals surface area contributed by atoms with E-state index in [-0.39, 0.29) is 12.2 Å². The quantitative estimate of drug-likeness (QED) is 0.718. The first-order valence-electron chi connectivity index (χ1n) is 9.56. The summed E-state index contributed by atoms with van der Waals surface area (Å²) in [5.74, 6) is 0.438. The van der Waals surface area contributed by atoms with Crippen LogP contribution in [0, 0.1) is 5.92 Å². The van der Waals surface area contributed by atoms with Crippen LogP contribution in [0.2, 0.25) is 0 Å². The number of nitrogens with one attached hydrogen (secondary N) is 1. The van der Waals surface area contributed by atoms with Crippen molar-refractivity contribution in [2.75, 3.05) is 33.9 Å². The topological polar surface area (TPSA) is 48.5 Å². The van der Waals surface area contributed by atoms with Crippen molar-refractivity contribution in [3.63, 3.8) is 0 Å². The molecule has 1 aromatic carbocycles. The summed E-state index contributed by atoms with van der Waals surface area (Å²) in [6.07, 6.45) is 5.08.